The highest BCUT2D eigenvalue weighted by Gasteiger charge is 2.53. The van der Waals surface area contributed by atoms with Crippen LogP contribution in [0.25, 0.3) is 11.1 Å². The van der Waals surface area contributed by atoms with E-state index in [0.29, 0.717) is 30.8 Å². The first-order chi connectivity index (χ1) is 20.2. The Labute approximate surface area is 245 Å². The Hall–Kier alpha value is -4.14. The number of hydrogen-bond donors (Lipinski definition) is 3. The topological polar surface area (TPSA) is 123 Å². The third-order valence-corrected chi connectivity index (χ3v) is 8.55. The van der Waals surface area contributed by atoms with Gasteiger partial charge in [0.05, 0.1) is 38.4 Å². The fourth-order valence-corrected chi connectivity index (χ4v) is 6.31. The Morgan fingerprint density at radius 1 is 0.929 bits per heavy atom. The Kier molecular flexibility index (Phi) is 8.66. The second-order valence-electron chi connectivity index (χ2n) is 11.1. The van der Waals surface area contributed by atoms with Crippen molar-refractivity contribution >= 4 is 11.9 Å². The van der Waals surface area contributed by atoms with Crippen LogP contribution < -0.4 is 9.47 Å². The normalized spacial score (nSPS) is 22.6. The van der Waals surface area contributed by atoms with Gasteiger partial charge in [-0.15, -0.1) is 0 Å². The van der Waals surface area contributed by atoms with Gasteiger partial charge in [0.15, 0.2) is 17.1 Å². The number of aliphatic hydroxyl groups excluding tert-OH is 2. The van der Waals surface area contributed by atoms with Crippen molar-refractivity contribution in [1.82, 2.24) is 0 Å². The molecular formula is C34H36O8. The third kappa shape index (κ3) is 5.91. The van der Waals surface area contributed by atoms with E-state index in [1.165, 1.54) is 0 Å². The first-order valence-corrected chi connectivity index (χ1v) is 14.1. The molecule has 3 aromatic rings. The molecule has 8 heteroatoms. The summed E-state index contributed by atoms with van der Waals surface area (Å²) in [4.78, 5) is 25.4. The van der Waals surface area contributed by atoms with E-state index in [1.54, 1.807) is 44.6 Å². The highest BCUT2D eigenvalue weighted by molar-refractivity contribution is 5.91. The molecule has 5 rings (SSSR count). The summed E-state index contributed by atoms with van der Waals surface area (Å²) in [6.07, 6.45) is 2.76. The second-order valence-corrected chi connectivity index (χ2v) is 11.1. The fourth-order valence-electron chi connectivity index (χ4n) is 6.31. The summed E-state index contributed by atoms with van der Waals surface area (Å²) < 4.78 is 16.8. The number of fused-ring (bicyclic) bond motifs is 1. The number of aliphatic hydroxyl groups is 2. The number of methoxy groups -OCH3 is 2. The van der Waals surface area contributed by atoms with E-state index in [1.807, 2.05) is 48.5 Å². The maximum atomic E-state index is 13.4. The van der Waals surface area contributed by atoms with Crippen LogP contribution in [-0.2, 0) is 22.4 Å². The summed E-state index contributed by atoms with van der Waals surface area (Å²) in [5, 5.41) is 31.9. The van der Waals surface area contributed by atoms with E-state index in [4.69, 9.17) is 14.2 Å². The number of hydrogen-bond acceptors (Lipinski definition) is 7. The minimum absolute atomic E-state index is 0.100. The van der Waals surface area contributed by atoms with Crippen LogP contribution in [0, 0.1) is 11.8 Å². The van der Waals surface area contributed by atoms with Crippen molar-refractivity contribution < 1.29 is 39.1 Å². The Morgan fingerprint density at radius 3 is 2.19 bits per heavy atom. The molecule has 2 aliphatic rings. The van der Waals surface area contributed by atoms with Gasteiger partial charge in [0.25, 0.3) is 0 Å². The predicted octanol–water partition coefficient (Wildman–Crippen LogP) is 4.84. The fraction of sp³-hybridized carbons (Fsp3) is 0.353. The van der Waals surface area contributed by atoms with E-state index in [9.17, 15) is 24.9 Å². The van der Waals surface area contributed by atoms with Gasteiger partial charge in [0.1, 0.15) is 0 Å². The Balaban J connectivity index is 1.35. The van der Waals surface area contributed by atoms with Gasteiger partial charge in [-0.1, -0.05) is 54.6 Å². The number of aliphatic carboxylic acids is 1. The quantitative estimate of drug-likeness (QED) is 0.233. The number of carbonyl (C=O) groups excluding carboxylic acids is 1. The molecule has 3 N–H and O–H groups in total. The average molecular weight is 573 g/mol. The first kappa shape index (κ1) is 29.4. The molecule has 0 bridgehead atoms. The zero-order valence-electron chi connectivity index (χ0n) is 23.7. The van der Waals surface area contributed by atoms with Gasteiger partial charge in [-0.3, -0.25) is 4.79 Å². The van der Waals surface area contributed by atoms with Crippen LogP contribution in [0.1, 0.15) is 40.7 Å². The molecule has 0 heterocycles. The third-order valence-electron chi connectivity index (χ3n) is 8.55. The van der Waals surface area contributed by atoms with Crippen molar-refractivity contribution in [3.63, 3.8) is 0 Å². The van der Waals surface area contributed by atoms with Crippen molar-refractivity contribution in [2.45, 2.75) is 49.9 Å². The largest absolute Gasteiger partial charge is 0.493 e. The smallest absolute Gasteiger partial charge is 0.338 e. The summed E-state index contributed by atoms with van der Waals surface area (Å²) in [6.45, 7) is 0. The lowest BCUT2D eigenvalue weighted by Gasteiger charge is -2.35. The van der Waals surface area contributed by atoms with Crippen molar-refractivity contribution in [2.75, 3.05) is 14.2 Å². The Morgan fingerprint density at radius 2 is 1.57 bits per heavy atom. The van der Waals surface area contributed by atoms with Crippen LogP contribution in [-0.4, -0.2) is 59.3 Å². The van der Waals surface area contributed by atoms with Crippen LogP contribution in [0.15, 0.2) is 78.9 Å². The van der Waals surface area contributed by atoms with Crippen LogP contribution in [0.4, 0.5) is 0 Å². The van der Waals surface area contributed by atoms with E-state index >= 15 is 0 Å². The van der Waals surface area contributed by atoms with Gasteiger partial charge in [0.2, 0.25) is 0 Å². The molecule has 0 radical (unpaired) electrons. The lowest BCUT2D eigenvalue weighted by atomic mass is 9.84. The molecule has 0 spiro atoms. The molecule has 0 saturated heterocycles. The first-order valence-electron chi connectivity index (χ1n) is 14.1. The molecule has 8 nitrogen and oxygen atoms in total. The van der Waals surface area contributed by atoms with E-state index < -0.39 is 42.1 Å². The zero-order valence-corrected chi connectivity index (χ0v) is 23.7. The summed E-state index contributed by atoms with van der Waals surface area (Å²) in [7, 11) is 3.17. The number of ether oxygens (including phenoxy) is 3. The van der Waals surface area contributed by atoms with E-state index in [-0.39, 0.29) is 17.9 Å². The highest BCUT2D eigenvalue weighted by atomic mass is 16.6. The maximum Gasteiger partial charge on any atom is 0.338 e. The monoisotopic (exact) mass is 572 g/mol. The summed E-state index contributed by atoms with van der Waals surface area (Å²) in [6, 6.07) is 20.4. The molecule has 1 fully saturated rings. The lowest BCUT2D eigenvalue weighted by Crippen LogP contribution is -2.48. The second kappa shape index (κ2) is 12.4. The summed E-state index contributed by atoms with van der Waals surface area (Å²) >= 11 is 0. The molecule has 220 valence electrons. The van der Waals surface area contributed by atoms with Crippen molar-refractivity contribution in [3.8, 4) is 22.6 Å². The molecular weight excluding hydrogens is 536 g/mol. The molecule has 1 saturated carbocycles. The predicted molar refractivity (Wildman–Crippen MR) is 157 cm³/mol. The van der Waals surface area contributed by atoms with E-state index in [2.05, 4.69) is 0 Å². The van der Waals surface area contributed by atoms with E-state index in [0.717, 1.165) is 22.3 Å². The molecule has 0 aliphatic heterocycles. The van der Waals surface area contributed by atoms with Crippen LogP contribution >= 0.6 is 0 Å². The number of carbonyl (C=O) groups is 2. The van der Waals surface area contributed by atoms with Crippen LogP contribution in [0.3, 0.4) is 0 Å². The lowest BCUT2D eigenvalue weighted by molar-refractivity contribution is -0.150. The van der Waals surface area contributed by atoms with Gasteiger partial charge in [-0.2, -0.15) is 0 Å². The minimum Gasteiger partial charge on any atom is -0.493 e. The molecule has 3 aromatic carbocycles. The maximum absolute atomic E-state index is 13.4. The van der Waals surface area contributed by atoms with Crippen LogP contribution in [0.2, 0.25) is 0 Å². The number of carboxylic acid groups (broad SMARTS) is 1. The molecule has 0 aromatic heterocycles. The standard InChI is InChI=1S/C34H36O8/c1-40-29-18-24-16-26(17-25(24)19-30(29)41-2)28(35)13-11-27-12-14-31(36)34(27,20-32(37)38)42-33(39)23-10-6-9-22(15-23)21-7-4-3-5-8-21/h3-11,13,15,18-19,26-28,31,35-36H,12,14,16-17,20H2,1-2H3,(H,37,38). The van der Waals surface area contributed by atoms with Crippen LogP contribution in [0.5, 0.6) is 11.5 Å². The Bertz CT molecular complexity index is 1430. The van der Waals surface area contributed by atoms with Gasteiger partial charge < -0.3 is 29.5 Å². The van der Waals surface area contributed by atoms with Gasteiger partial charge in [-0.05, 0) is 78.1 Å². The molecule has 4 atom stereocenters. The molecule has 2 aliphatic carbocycles. The van der Waals surface area contributed by atoms with Crippen molar-refractivity contribution in [1.29, 1.82) is 0 Å². The molecule has 4 unspecified atom stereocenters. The number of benzene rings is 3. The number of esters is 1. The van der Waals surface area contributed by atoms with Crippen molar-refractivity contribution in [3.05, 3.63) is 95.6 Å². The minimum atomic E-state index is -1.67. The highest BCUT2D eigenvalue weighted by Crippen LogP contribution is 2.44. The zero-order chi connectivity index (χ0) is 29.9. The summed E-state index contributed by atoms with van der Waals surface area (Å²) in [5.41, 5.74) is 2.49. The van der Waals surface area contributed by atoms with Gasteiger partial charge >= 0.3 is 11.9 Å². The average Bonchev–Trinajstić information content (AvgIpc) is 3.55. The SMILES string of the molecule is COc1cc2c(cc1OC)CC(C(O)C=CC1CCC(O)C1(CC(=O)O)OC(=O)c1cccc(-c3ccccc3)c1)C2. The molecule has 0 amide bonds. The number of rotatable bonds is 10. The van der Waals surface area contributed by atoms with Gasteiger partial charge in [0, 0.05) is 5.92 Å². The molecule has 42 heavy (non-hydrogen) atoms. The van der Waals surface area contributed by atoms with Gasteiger partial charge in [-0.25, -0.2) is 4.79 Å². The van der Waals surface area contributed by atoms with Crippen molar-refractivity contribution in [2.24, 2.45) is 11.8 Å². The number of carboxylic acids is 1. The summed E-state index contributed by atoms with van der Waals surface area (Å²) in [5.74, 6) is -1.31.